The molecule has 0 spiro atoms. The number of ether oxygens (including phenoxy) is 1. The predicted octanol–water partition coefficient (Wildman–Crippen LogP) is 2.34. The van der Waals surface area contributed by atoms with E-state index in [1.54, 1.807) is 22.8 Å². The number of nitrogens with zero attached hydrogens (tertiary/aromatic N) is 2. The molecule has 7 heteroatoms. The molecule has 0 N–H and O–H groups in total. The lowest BCUT2D eigenvalue weighted by Crippen LogP contribution is -2.58. The Labute approximate surface area is 162 Å². The van der Waals surface area contributed by atoms with Gasteiger partial charge in [-0.1, -0.05) is 35.6 Å². The van der Waals surface area contributed by atoms with Crippen LogP contribution in [0.25, 0.3) is 6.08 Å². The van der Waals surface area contributed by atoms with Gasteiger partial charge in [-0.25, -0.2) is 4.99 Å². The Morgan fingerprint density at radius 3 is 2.85 bits per heavy atom. The maximum Gasteiger partial charge on any atom is 0.270 e. The van der Waals surface area contributed by atoms with E-state index in [1.165, 1.54) is 11.3 Å². The summed E-state index contributed by atoms with van der Waals surface area (Å²) < 4.78 is 8.47. The number of hydrogen-bond donors (Lipinski definition) is 0. The quantitative estimate of drug-likeness (QED) is 0.668. The topological polar surface area (TPSA) is 60.7 Å². The number of fused-ring (bicyclic) bond motifs is 6. The van der Waals surface area contributed by atoms with Crippen LogP contribution in [0.2, 0.25) is 0 Å². The summed E-state index contributed by atoms with van der Waals surface area (Å²) in [5.74, 6) is 0.105. The van der Waals surface area contributed by atoms with E-state index in [0.717, 1.165) is 10.4 Å². The molecule has 4 heterocycles. The molecule has 0 saturated heterocycles. The zero-order chi connectivity index (χ0) is 18.8. The minimum atomic E-state index is -1.01. The number of carbonyl (C=O) groups is 1. The van der Waals surface area contributed by atoms with E-state index in [4.69, 9.17) is 9.73 Å². The second-order valence-electron chi connectivity index (χ2n) is 6.92. The number of thiophene rings is 1. The molecule has 2 bridgehead atoms. The van der Waals surface area contributed by atoms with E-state index in [0.29, 0.717) is 15.1 Å². The van der Waals surface area contributed by atoms with Crippen molar-refractivity contribution in [2.45, 2.75) is 25.6 Å². The van der Waals surface area contributed by atoms with Gasteiger partial charge < -0.3 is 4.74 Å². The van der Waals surface area contributed by atoms with E-state index in [2.05, 4.69) is 0 Å². The van der Waals surface area contributed by atoms with E-state index < -0.39 is 17.7 Å². The highest BCUT2D eigenvalue weighted by Crippen LogP contribution is 2.47. The van der Waals surface area contributed by atoms with E-state index >= 15 is 0 Å². The van der Waals surface area contributed by atoms with Crippen LogP contribution in [0.1, 0.15) is 30.3 Å². The van der Waals surface area contributed by atoms with Gasteiger partial charge >= 0.3 is 0 Å². The number of ketones is 1. The van der Waals surface area contributed by atoms with Gasteiger partial charge in [0.1, 0.15) is 17.5 Å². The summed E-state index contributed by atoms with van der Waals surface area (Å²) >= 11 is 2.93. The molecule has 0 fully saturated rings. The fraction of sp³-hybridized carbons (Fsp3) is 0.250. The van der Waals surface area contributed by atoms with Gasteiger partial charge in [0.2, 0.25) is 5.72 Å². The summed E-state index contributed by atoms with van der Waals surface area (Å²) in [7, 11) is 0. The third-order valence-electron chi connectivity index (χ3n) is 5.13. The normalized spacial score (nSPS) is 25.9. The molecule has 1 aromatic carbocycles. The molecule has 5 nitrogen and oxygen atoms in total. The first-order chi connectivity index (χ1) is 13.0. The number of rotatable bonds is 2. The number of aromatic nitrogens is 1. The third-order valence-corrected chi connectivity index (χ3v) is 6.94. The maximum absolute atomic E-state index is 13.3. The molecular weight excluding hydrogens is 380 g/mol. The minimum Gasteiger partial charge on any atom is -0.465 e. The van der Waals surface area contributed by atoms with Crippen LogP contribution in [0.15, 0.2) is 51.6 Å². The summed E-state index contributed by atoms with van der Waals surface area (Å²) in [4.78, 5) is 32.2. The molecule has 2 aliphatic rings. The molecule has 5 rings (SSSR count). The van der Waals surface area contributed by atoms with Gasteiger partial charge in [0, 0.05) is 10.4 Å². The van der Waals surface area contributed by atoms with Crippen LogP contribution >= 0.6 is 22.7 Å². The average molecular weight is 396 g/mol. The van der Waals surface area contributed by atoms with Crippen molar-refractivity contribution in [3.63, 3.8) is 0 Å². The van der Waals surface area contributed by atoms with Crippen LogP contribution in [0.5, 0.6) is 5.75 Å². The maximum atomic E-state index is 13.3. The van der Waals surface area contributed by atoms with Gasteiger partial charge in [-0.15, -0.1) is 11.3 Å². The van der Waals surface area contributed by atoms with E-state index in [9.17, 15) is 9.59 Å². The molecule has 3 atom stereocenters. The Morgan fingerprint density at radius 1 is 1.30 bits per heavy atom. The molecule has 0 amide bonds. The van der Waals surface area contributed by atoms with E-state index in [-0.39, 0.29) is 11.3 Å². The van der Waals surface area contributed by atoms with Crippen molar-refractivity contribution in [1.82, 2.24) is 4.57 Å². The first-order valence-electron chi connectivity index (χ1n) is 8.63. The Kier molecular flexibility index (Phi) is 3.54. The van der Waals surface area contributed by atoms with Crippen molar-refractivity contribution in [2.75, 3.05) is 0 Å². The highest BCUT2D eigenvalue weighted by Gasteiger charge is 2.53. The van der Waals surface area contributed by atoms with Gasteiger partial charge in [0.25, 0.3) is 5.56 Å². The van der Waals surface area contributed by atoms with Crippen molar-refractivity contribution in [3.8, 4) is 5.75 Å². The number of carbonyl (C=O) groups excluding carboxylic acids is 1. The molecule has 2 aromatic heterocycles. The smallest absolute Gasteiger partial charge is 0.270 e. The molecule has 0 aliphatic carbocycles. The largest absolute Gasteiger partial charge is 0.465 e. The van der Waals surface area contributed by atoms with Gasteiger partial charge in [0.15, 0.2) is 4.80 Å². The van der Waals surface area contributed by atoms with Crippen molar-refractivity contribution in [2.24, 2.45) is 10.9 Å². The van der Waals surface area contributed by atoms with Gasteiger partial charge in [-0.2, -0.15) is 0 Å². The van der Waals surface area contributed by atoms with Crippen LogP contribution < -0.4 is 19.6 Å². The Morgan fingerprint density at radius 2 is 2.11 bits per heavy atom. The Hall–Kier alpha value is -2.51. The van der Waals surface area contributed by atoms with Crippen molar-refractivity contribution >= 4 is 34.5 Å². The molecule has 136 valence electrons. The van der Waals surface area contributed by atoms with Crippen LogP contribution in [0.3, 0.4) is 0 Å². The lowest BCUT2D eigenvalue weighted by molar-refractivity contribution is -0.132. The predicted molar refractivity (Wildman–Crippen MR) is 105 cm³/mol. The number of thiazole rings is 1. The first kappa shape index (κ1) is 16.6. The first-order valence-corrected chi connectivity index (χ1v) is 10.3. The SMILES string of the molecule is CC(=O)[C@H]1[C@@H]2c3ccccc3O[C@]1(C)N=c1s/c(=C\c3cccs3)c(=O)n12. The van der Waals surface area contributed by atoms with Crippen LogP contribution in [0.4, 0.5) is 0 Å². The summed E-state index contributed by atoms with van der Waals surface area (Å²) in [5, 5.41) is 1.98. The summed E-state index contributed by atoms with van der Waals surface area (Å²) in [5.41, 5.74) is -0.265. The van der Waals surface area contributed by atoms with Gasteiger partial charge in [-0.3, -0.25) is 14.2 Å². The van der Waals surface area contributed by atoms with Crippen LogP contribution in [0, 0.1) is 5.92 Å². The standard InChI is InChI=1S/C20H16N2O3S2/c1-11(23)16-17-13-7-3-4-8-14(13)25-20(16,2)21-19-22(17)18(24)15(27-19)10-12-6-5-9-26-12/h3-10,16-17H,1-2H3/b15-10-/t16-,17-,20-/m0/s1. The zero-order valence-corrected chi connectivity index (χ0v) is 16.3. The highest BCUT2D eigenvalue weighted by atomic mass is 32.1. The van der Waals surface area contributed by atoms with Crippen molar-refractivity contribution in [3.05, 3.63) is 71.9 Å². The lowest BCUT2D eigenvalue weighted by Gasteiger charge is -2.45. The van der Waals surface area contributed by atoms with Crippen LogP contribution in [-0.2, 0) is 4.79 Å². The van der Waals surface area contributed by atoms with E-state index in [1.807, 2.05) is 54.8 Å². The summed E-state index contributed by atoms with van der Waals surface area (Å²) in [6.45, 7) is 3.38. The second kappa shape index (κ2) is 5.74. The second-order valence-corrected chi connectivity index (χ2v) is 8.91. The number of Topliss-reactive ketones (excluding diaryl/α,β-unsaturated/α-hetero) is 1. The molecule has 0 saturated carbocycles. The fourth-order valence-electron chi connectivity index (χ4n) is 4.06. The molecule has 27 heavy (non-hydrogen) atoms. The molecule has 0 radical (unpaired) electrons. The number of hydrogen-bond acceptors (Lipinski definition) is 6. The van der Waals surface area contributed by atoms with Crippen molar-refractivity contribution in [1.29, 1.82) is 0 Å². The minimum absolute atomic E-state index is 0.0340. The summed E-state index contributed by atoms with van der Waals surface area (Å²) in [6.07, 6.45) is 1.89. The average Bonchev–Trinajstić information content (AvgIpc) is 3.22. The van der Waals surface area contributed by atoms with Gasteiger partial charge in [0.05, 0.1) is 10.6 Å². The monoisotopic (exact) mass is 396 g/mol. The van der Waals surface area contributed by atoms with Crippen molar-refractivity contribution < 1.29 is 9.53 Å². The molecule has 2 aliphatic heterocycles. The Bertz CT molecular complexity index is 1240. The fourth-order valence-corrected chi connectivity index (χ4v) is 5.88. The third kappa shape index (κ3) is 2.38. The molecule has 0 unspecified atom stereocenters. The lowest BCUT2D eigenvalue weighted by atomic mass is 9.79. The van der Waals surface area contributed by atoms with Crippen LogP contribution in [-0.4, -0.2) is 16.1 Å². The number of para-hydroxylation sites is 1. The number of benzene rings is 1. The molecular formula is C20H16N2O3S2. The summed E-state index contributed by atoms with van der Waals surface area (Å²) in [6, 6.07) is 11.1. The molecule has 3 aromatic rings. The zero-order valence-electron chi connectivity index (χ0n) is 14.7. The Balaban J connectivity index is 1.85. The van der Waals surface area contributed by atoms with Gasteiger partial charge in [-0.05, 0) is 37.4 Å². The highest BCUT2D eigenvalue weighted by molar-refractivity contribution is 7.11.